The lowest BCUT2D eigenvalue weighted by atomic mass is 10.0. The first-order valence-corrected chi connectivity index (χ1v) is 7.22. The Morgan fingerprint density at radius 1 is 1.38 bits per heavy atom. The average molecular weight is 284 g/mol. The highest BCUT2D eigenvalue weighted by Gasteiger charge is 2.16. The van der Waals surface area contributed by atoms with Gasteiger partial charge in [0.15, 0.2) is 0 Å². The van der Waals surface area contributed by atoms with Crippen LogP contribution in [0.1, 0.15) is 36.2 Å². The molecule has 0 spiro atoms. The number of rotatable bonds is 3. The molecular weight excluding hydrogens is 264 g/mol. The van der Waals surface area contributed by atoms with Crippen molar-refractivity contribution in [3.05, 3.63) is 41.2 Å². The van der Waals surface area contributed by atoms with E-state index in [0.29, 0.717) is 6.42 Å². The van der Waals surface area contributed by atoms with E-state index in [1.807, 2.05) is 37.0 Å². The van der Waals surface area contributed by atoms with Gasteiger partial charge in [-0.25, -0.2) is 0 Å². The molecule has 21 heavy (non-hydrogen) atoms. The lowest BCUT2D eigenvalue weighted by molar-refractivity contribution is -0.116. The van der Waals surface area contributed by atoms with Gasteiger partial charge in [0.05, 0.1) is 11.7 Å². The van der Waals surface area contributed by atoms with E-state index in [4.69, 9.17) is 0 Å². The minimum Gasteiger partial charge on any atom is -0.378 e. The number of benzene rings is 1. The zero-order valence-electron chi connectivity index (χ0n) is 12.6. The van der Waals surface area contributed by atoms with Crippen molar-refractivity contribution in [2.45, 2.75) is 32.7 Å². The van der Waals surface area contributed by atoms with E-state index >= 15 is 0 Å². The molecular formula is C16H20N4O. The summed E-state index contributed by atoms with van der Waals surface area (Å²) in [5.41, 5.74) is 5.43. The predicted octanol–water partition coefficient (Wildman–Crippen LogP) is 2.79. The SMILES string of the molecule is Cc1nn(C)cc1C(C)Nc1ccc2c(c1)CCC(=O)N2. The second-order valence-electron chi connectivity index (χ2n) is 5.63. The largest absolute Gasteiger partial charge is 0.378 e. The first kappa shape index (κ1) is 13.7. The average Bonchev–Trinajstić information content (AvgIpc) is 2.78. The van der Waals surface area contributed by atoms with Crippen molar-refractivity contribution in [2.24, 2.45) is 7.05 Å². The van der Waals surface area contributed by atoms with Gasteiger partial charge in [-0.15, -0.1) is 0 Å². The summed E-state index contributed by atoms with van der Waals surface area (Å²) in [5, 5.41) is 10.8. The maximum Gasteiger partial charge on any atom is 0.224 e. The van der Waals surface area contributed by atoms with Gasteiger partial charge in [-0.2, -0.15) is 5.10 Å². The van der Waals surface area contributed by atoms with Gasteiger partial charge in [-0.3, -0.25) is 9.48 Å². The highest BCUT2D eigenvalue weighted by atomic mass is 16.1. The summed E-state index contributed by atoms with van der Waals surface area (Å²) in [6, 6.07) is 6.29. The van der Waals surface area contributed by atoms with Crippen molar-refractivity contribution < 1.29 is 4.79 Å². The molecule has 1 aliphatic rings. The molecule has 0 bridgehead atoms. The fraction of sp³-hybridized carbons (Fsp3) is 0.375. The second-order valence-corrected chi connectivity index (χ2v) is 5.63. The number of carbonyl (C=O) groups excluding carboxylic acids is 1. The third kappa shape index (κ3) is 2.77. The minimum absolute atomic E-state index is 0.0996. The number of hydrogen-bond donors (Lipinski definition) is 2. The van der Waals surface area contributed by atoms with Gasteiger partial charge in [0.25, 0.3) is 0 Å². The van der Waals surface area contributed by atoms with Crippen LogP contribution in [0.25, 0.3) is 0 Å². The normalized spacial score (nSPS) is 15.3. The third-order valence-electron chi connectivity index (χ3n) is 3.90. The Hall–Kier alpha value is -2.30. The molecule has 110 valence electrons. The Morgan fingerprint density at radius 3 is 2.90 bits per heavy atom. The van der Waals surface area contributed by atoms with Gasteiger partial charge in [0.1, 0.15) is 0 Å². The lowest BCUT2D eigenvalue weighted by Crippen LogP contribution is -2.19. The van der Waals surface area contributed by atoms with E-state index in [0.717, 1.165) is 23.5 Å². The number of carbonyl (C=O) groups is 1. The van der Waals surface area contributed by atoms with Gasteiger partial charge < -0.3 is 10.6 Å². The number of hydrogen-bond acceptors (Lipinski definition) is 3. The summed E-state index contributed by atoms with van der Waals surface area (Å²) in [4.78, 5) is 11.4. The Kier molecular flexibility index (Phi) is 3.41. The molecule has 5 nitrogen and oxygen atoms in total. The maximum atomic E-state index is 11.4. The number of nitrogens with one attached hydrogen (secondary N) is 2. The van der Waals surface area contributed by atoms with Crippen LogP contribution in [0.4, 0.5) is 11.4 Å². The summed E-state index contributed by atoms with van der Waals surface area (Å²) >= 11 is 0. The van der Waals surface area contributed by atoms with E-state index in [-0.39, 0.29) is 11.9 Å². The second kappa shape index (κ2) is 5.24. The molecule has 2 heterocycles. The molecule has 5 heteroatoms. The first-order chi connectivity index (χ1) is 10.0. The van der Waals surface area contributed by atoms with Crippen LogP contribution >= 0.6 is 0 Å². The molecule has 2 N–H and O–H groups in total. The first-order valence-electron chi connectivity index (χ1n) is 7.22. The molecule has 0 radical (unpaired) electrons. The van der Waals surface area contributed by atoms with E-state index in [1.54, 1.807) is 0 Å². The van der Waals surface area contributed by atoms with Gasteiger partial charge >= 0.3 is 0 Å². The number of fused-ring (bicyclic) bond motifs is 1. The molecule has 0 saturated carbocycles. The van der Waals surface area contributed by atoms with Crippen molar-refractivity contribution in [1.29, 1.82) is 0 Å². The van der Waals surface area contributed by atoms with E-state index in [9.17, 15) is 4.79 Å². The molecule has 0 saturated heterocycles. The molecule has 0 fully saturated rings. The highest BCUT2D eigenvalue weighted by molar-refractivity contribution is 5.94. The topological polar surface area (TPSA) is 59.0 Å². The van der Waals surface area contributed by atoms with E-state index in [1.165, 1.54) is 11.1 Å². The molecule has 2 aromatic rings. The van der Waals surface area contributed by atoms with Crippen molar-refractivity contribution in [3.8, 4) is 0 Å². The van der Waals surface area contributed by atoms with Crippen LogP contribution in [-0.4, -0.2) is 15.7 Å². The predicted molar refractivity (Wildman–Crippen MR) is 83.4 cm³/mol. The number of amides is 1. The summed E-state index contributed by atoms with van der Waals surface area (Å²) in [5.74, 6) is 0.0996. The maximum absolute atomic E-state index is 11.4. The van der Waals surface area contributed by atoms with Crippen molar-refractivity contribution in [1.82, 2.24) is 9.78 Å². The van der Waals surface area contributed by atoms with Crippen LogP contribution in [0.15, 0.2) is 24.4 Å². The Morgan fingerprint density at radius 2 is 2.19 bits per heavy atom. The molecule has 3 rings (SSSR count). The monoisotopic (exact) mass is 284 g/mol. The van der Waals surface area contributed by atoms with Crippen molar-refractivity contribution in [2.75, 3.05) is 10.6 Å². The molecule has 1 atom stereocenters. The Labute approximate surface area is 124 Å². The molecule has 1 aliphatic heterocycles. The van der Waals surface area contributed by atoms with Crippen LogP contribution in [0, 0.1) is 6.92 Å². The van der Waals surface area contributed by atoms with Crippen molar-refractivity contribution >= 4 is 17.3 Å². The number of aromatic nitrogens is 2. The van der Waals surface area contributed by atoms with E-state index in [2.05, 4.69) is 28.7 Å². The molecule has 1 unspecified atom stereocenters. The quantitative estimate of drug-likeness (QED) is 0.911. The molecule has 1 aromatic heterocycles. The number of anilines is 2. The Balaban J connectivity index is 1.79. The van der Waals surface area contributed by atoms with Gasteiger partial charge in [-0.05, 0) is 44.0 Å². The summed E-state index contributed by atoms with van der Waals surface area (Å²) < 4.78 is 1.84. The minimum atomic E-state index is 0.0996. The van der Waals surface area contributed by atoms with Crippen LogP contribution in [0.3, 0.4) is 0 Å². The molecule has 1 aromatic carbocycles. The third-order valence-corrected chi connectivity index (χ3v) is 3.90. The number of aryl methyl sites for hydroxylation is 3. The Bertz CT molecular complexity index is 690. The zero-order valence-corrected chi connectivity index (χ0v) is 12.6. The fourth-order valence-electron chi connectivity index (χ4n) is 2.84. The van der Waals surface area contributed by atoms with Crippen LogP contribution in [0.5, 0.6) is 0 Å². The molecule has 1 amide bonds. The van der Waals surface area contributed by atoms with Crippen LogP contribution < -0.4 is 10.6 Å². The van der Waals surface area contributed by atoms with Crippen molar-refractivity contribution in [3.63, 3.8) is 0 Å². The van der Waals surface area contributed by atoms with Crippen LogP contribution in [0.2, 0.25) is 0 Å². The lowest BCUT2D eigenvalue weighted by Gasteiger charge is -2.20. The standard InChI is InChI=1S/C16H20N4O/c1-10(14-9-20(3)19-11(14)2)17-13-5-6-15-12(8-13)4-7-16(21)18-15/h5-6,8-10,17H,4,7H2,1-3H3,(H,18,21). The number of nitrogens with zero attached hydrogens (tertiary/aromatic N) is 2. The van der Waals surface area contributed by atoms with Crippen LogP contribution in [-0.2, 0) is 18.3 Å². The summed E-state index contributed by atoms with van der Waals surface area (Å²) in [6.45, 7) is 4.15. The highest BCUT2D eigenvalue weighted by Crippen LogP contribution is 2.28. The van der Waals surface area contributed by atoms with Gasteiger partial charge in [-0.1, -0.05) is 0 Å². The van der Waals surface area contributed by atoms with E-state index < -0.39 is 0 Å². The smallest absolute Gasteiger partial charge is 0.224 e. The van der Waals surface area contributed by atoms with Gasteiger partial charge in [0, 0.05) is 36.6 Å². The zero-order chi connectivity index (χ0) is 15.0. The summed E-state index contributed by atoms with van der Waals surface area (Å²) in [6.07, 6.45) is 3.41. The summed E-state index contributed by atoms with van der Waals surface area (Å²) in [7, 11) is 1.94. The van der Waals surface area contributed by atoms with Gasteiger partial charge in [0.2, 0.25) is 5.91 Å². The molecule has 0 aliphatic carbocycles. The fourth-order valence-corrected chi connectivity index (χ4v) is 2.84.